The van der Waals surface area contributed by atoms with Gasteiger partial charge in [-0.1, -0.05) is 49.0 Å². The summed E-state index contributed by atoms with van der Waals surface area (Å²) in [5.41, 5.74) is 3.09. The summed E-state index contributed by atoms with van der Waals surface area (Å²) in [5.74, 6) is 1.78. The molecule has 0 amide bonds. The maximum atomic E-state index is 4.73. The zero-order valence-electron chi connectivity index (χ0n) is 15.9. The smallest absolute Gasteiger partial charge is 0.209 e. The van der Waals surface area contributed by atoms with Crippen molar-refractivity contribution >= 4 is 11.8 Å². The average molecular weight is 395 g/mol. The van der Waals surface area contributed by atoms with Crippen molar-refractivity contribution in [1.82, 2.24) is 39.3 Å². The lowest BCUT2D eigenvalue weighted by atomic mass is 10.1. The van der Waals surface area contributed by atoms with Crippen LogP contribution < -0.4 is 0 Å². The van der Waals surface area contributed by atoms with Crippen LogP contribution >= 0.6 is 11.8 Å². The third kappa shape index (κ3) is 3.70. The second-order valence-corrected chi connectivity index (χ2v) is 7.44. The third-order valence-corrected chi connectivity index (χ3v) is 5.41. The summed E-state index contributed by atoms with van der Waals surface area (Å²) < 4.78 is 6.05. The maximum Gasteiger partial charge on any atom is 0.209 e. The van der Waals surface area contributed by atoms with Gasteiger partial charge in [-0.05, 0) is 16.8 Å². The predicted octanol–water partition coefficient (Wildman–Crippen LogP) is 3.14. The van der Waals surface area contributed by atoms with Crippen LogP contribution in [0.25, 0.3) is 22.8 Å². The fraction of sp³-hybridized carbons (Fsp3) is 0.316. The van der Waals surface area contributed by atoms with Crippen LogP contribution in [0.4, 0.5) is 0 Å². The number of thioether (sulfide) groups is 1. The number of imidazole rings is 2. The van der Waals surface area contributed by atoms with Crippen molar-refractivity contribution in [3.05, 3.63) is 49.1 Å². The highest BCUT2D eigenvalue weighted by atomic mass is 32.2. The fourth-order valence-electron chi connectivity index (χ4n) is 3.12. The van der Waals surface area contributed by atoms with Gasteiger partial charge in [-0.2, -0.15) is 0 Å². The Hall–Kier alpha value is -2.94. The molecule has 0 bridgehead atoms. The molecule has 3 aromatic heterocycles. The molecule has 3 heterocycles. The highest BCUT2D eigenvalue weighted by molar-refractivity contribution is 7.99. The van der Waals surface area contributed by atoms with Crippen molar-refractivity contribution in [3.63, 3.8) is 0 Å². The average Bonchev–Trinajstić information content (AvgIpc) is 3.43. The van der Waals surface area contributed by atoms with Crippen LogP contribution in [-0.4, -0.2) is 45.1 Å². The predicted molar refractivity (Wildman–Crippen MR) is 109 cm³/mol. The molecule has 0 atom stereocenters. The van der Waals surface area contributed by atoms with Crippen LogP contribution in [0.5, 0.6) is 0 Å². The molecule has 0 radical (unpaired) electrons. The normalized spacial score (nSPS) is 11.2. The molecule has 4 rings (SSSR count). The molecular weight excluding hydrogens is 372 g/mol. The summed E-state index contributed by atoms with van der Waals surface area (Å²) in [6.45, 7) is 3.88. The van der Waals surface area contributed by atoms with E-state index in [1.54, 1.807) is 16.4 Å². The second-order valence-electron chi connectivity index (χ2n) is 6.38. The number of tetrazole rings is 1. The number of aromatic nitrogens is 8. The van der Waals surface area contributed by atoms with Gasteiger partial charge in [0.15, 0.2) is 5.82 Å². The lowest BCUT2D eigenvalue weighted by Crippen LogP contribution is -2.07. The molecule has 1 aromatic carbocycles. The number of hydrogen-bond donors (Lipinski definition) is 0. The van der Waals surface area contributed by atoms with Gasteiger partial charge < -0.3 is 9.13 Å². The zero-order chi connectivity index (χ0) is 19.3. The largest absolute Gasteiger partial charge is 0.330 e. The van der Waals surface area contributed by atoms with Crippen molar-refractivity contribution in [3.8, 4) is 22.8 Å². The monoisotopic (exact) mass is 394 g/mol. The van der Waals surface area contributed by atoms with Gasteiger partial charge >= 0.3 is 0 Å². The highest BCUT2D eigenvalue weighted by Gasteiger charge is 2.19. The molecule has 4 aromatic rings. The van der Waals surface area contributed by atoms with E-state index < -0.39 is 0 Å². The summed E-state index contributed by atoms with van der Waals surface area (Å²) in [6, 6.07) is 10.3. The molecular formula is C19H22N8S. The fourth-order valence-corrected chi connectivity index (χ4v) is 3.91. The molecule has 0 fully saturated rings. The molecule has 0 unspecified atom stereocenters. The van der Waals surface area contributed by atoms with Gasteiger partial charge in [0.1, 0.15) is 5.69 Å². The molecule has 0 N–H and O–H groups in total. The number of benzene rings is 1. The molecule has 28 heavy (non-hydrogen) atoms. The molecule has 8 nitrogen and oxygen atoms in total. The van der Waals surface area contributed by atoms with E-state index in [1.165, 1.54) is 0 Å². The Labute approximate surface area is 167 Å². The topological polar surface area (TPSA) is 79.2 Å². The maximum absolute atomic E-state index is 4.73. The first-order valence-corrected chi connectivity index (χ1v) is 10.2. The Morgan fingerprint density at radius 3 is 2.64 bits per heavy atom. The Morgan fingerprint density at radius 2 is 1.89 bits per heavy atom. The van der Waals surface area contributed by atoms with Crippen molar-refractivity contribution in [1.29, 1.82) is 0 Å². The first-order valence-electron chi connectivity index (χ1n) is 9.25. The van der Waals surface area contributed by atoms with E-state index in [2.05, 4.69) is 48.7 Å². The molecule has 0 aliphatic rings. The second kappa shape index (κ2) is 8.39. The Balaban J connectivity index is 1.67. The SMILES string of the molecule is CCCn1ccnc1-c1c(-c2ccccc2)ncn1CCSc1nnnn1C. The minimum absolute atomic E-state index is 0.783. The standard InChI is InChI=1S/C19H22N8S/c1-3-10-26-11-9-20-18(26)17-16(15-7-5-4-6-8-15)21-14-27(17)12-13-28-19-22-23-24-25(19)2/h4-9,11,14H,3,10,12-13H2,1-2H3. The van der Waals surface area contributed by atoms with E-state index in [0.717, 1.165) is 53.2 Å². The van der Waals surface area contributed by atoms with Crippen LogP contribution in [0, 0.1) is 0 Å². The van der Waals surface area contributed by atoms with Crippen LogP contribution in [0.3, 0.4) is 0 Å². The third-order valence-electron chi connectivity index (χ3n) is 4.42. The van der Waals surface area contributed by atoms with Gasteiger partial charge in [-0.25, -0.2) is 14.6 Å². The Bertz CT molecular complexity index is 1030. The number of nitrogens with zero attached hydrogens (tertiary/aromatic N) is 8. The van der Waals surface area contributed by atoms with Gasteiger partial charge in [0.25, 0.3) is 0 Å². The molecule has 9 heteroatoms. The summed E-state index contributed by atoms with van der Waals surface area (Å²) in [6.07, 6.45) is 6.84. The van der Waals surface area contributed by atoms with Crippen molar-refractivity contribution < 1.29 is 0 Å². The van der Waals surface area contributed by atoms with E-state index in [1.807, 2.05) is 44.0 Å². The zero-order valence-corrected chi connectivity index (χ0v) is 16.7. The van der Waals surface area contributed by atoms with Crippen molar-refractivity contribution in [2.45, 2.75) is 31.6 Å². The minimum atomic E-state index is 0.783. The first kappa shape index (κ1) is 18.4. The summed E-state index contributed by atoms with van der Waals surface area (Å²) in [5, 5.41) is 12.4. The van der Waals surface area contributed by atoms with Crippen molar-refractivity contribution in [2.75, 3.05) is 5.75 Å². The molecule has 0 saturated carbocycles. The highest BCUT2D eigenvalue weighted by Crippen LogP contribution is 2.31. The molecule has 0 aliphatic heterocycles. The van der Waals surface area contributed by atoms with E-state index in [-0.39, 0.29) is 0 Å². The first-order chi connectivity index (χ1) is 13.8. The molecule has 0 aliphatic carbocycles. The van der Waals surface area contributed by atoms with Crippen LogP contribution in [0.15, 0.2) is 54.2 Å². The quantitative estimate of drug-likeness (QED) is 0.427. The van der Waals surface area contributed by atoms with Gasteiger partial charge in [0, 0.05) is 43.8 Å². The van der Waals surface area contributed by atoms with Gasteiger partial charge in [-0.3, -0.25) is 0 Å². The van der Waals surface area contributed by atoms with E-state index in [4.69, 9.17) is 4.98 Å². The number of hydrogen-bond acceptors (Lipinski definition) is 6. The summed E-state index contributed by atoms with van der Waals surface area (Å²) in [7, 11) is 1.85. The van der Waals surface area contributed by atoms with Gasteiger partial charge in [0.2, 0.25) is 5.16 Å². The van der Waals surface area contributed by atoms with E-state index in [9.17, 15) is 0 Å². The molecule has 0 spiro atoms. The minimum Gasteiger partial charge on any atom is -0.330 e. The van der Waals surface area contributed by atoms with Gasteiger partial charge in [-0.15, -0.1) is 5.10 Å². The van der Waals surface area contributed by atoms with Crippen molar-refractivity contribution in [2.24, 2.45) is 7.05 Å². The van der Waals surface area contributed by atoms with Crippen LogP contribution in [0.2, 0.25) is 0 Å². The lowest BCUT2D eigenvalue weighted by Gasteiger charge is -2.12. The van der Waals surface area contributed by atoms with E-state index >= 15 is 0 Å². The van der Waals surface area contributed by atoms with Crippen LogP contribution in [0.1, 0.15) is 13.3 Å². The Morgan fingerprint density at radius 1 is 1.04 bits per heavy atom. The number of aryl methyl sites for hydroxylation is 3. The molecule has 0 saturated heterocycles. The summed E-state index contributed by atoms with van der Waals surface area (Å²) in [4.78, 5) is 9.39. The number of rotatable bonds is 8. The Kier molecular flexibility index (Phi) is 5.52. The molecule has 144 valence electrons. The summed E-state index contributed by atoms with van der Waals surface area (Å²) >= 11 is 1.63. The van der Waals surface area contributed by atoms with Crippen LogP contribution in [-0.2, 0) is 20.1 Å². The van der Waals surface area contributed by atoms with Gasteiger partial charge in [0.05, 0.1) is 12.0 Å². The lowest BCUT2D eigenvalue weighted by molar-refractivity contribution is 0.662. The van der Waals surface area contributed by atoms with E-state index in [0.29, 0.717) is 0 Å².